The van der Waals surface area contributed by atoms with E-state index in [9.17, 15) is 14.9 Å². The molecule has 1 amide bonds. The zero-order valence-corrected chi connectivity index (χ0v) is 17.8. The summed E-state index contributed by atoms with van der Waals surface area (Å²) in [5.74, 6) is 0.709. The van der Waals surface area contributed by atoms with Crippen LogP contribution in [0.1, 0.15) is 43.9 Å². The van der Waals surface area contributed by atoms with Crippen molar-refractivity contribution in [1.82, 2.24) is 19.9 Å². The number of carbonyl (C=O) groups is 1. The van der Waals surface area contributed by atoms with Gasteiger partial charge < -0.3 is 9.88 Å². The maximum atomic E-state index is 11.5. The minimum atomic E-state index is -0.402. The van der Waals surface area contributed by atoms with Gasteiger partial charge in [0.2, 0.25) is 5.91 Å². The first-order valence-corrected chi connectivity index (χ1v) is 10.3. The van der Waals surface area contributed by atoms with Crippen LogP contribution < -0.4 is 5.32 Å². The predicted octanol–water partition coefficient (Wildman–Crippen LogP) is 4.15. The van der Waals surface area contributed by atoms with Crippen LogP contribution in [0.25, 0.3) is 0 Å². The van der Waals surface area contributed by atoms with E-state index in [1.807, 2.05) is 42.7 Å². The van der Waals surface area contributed by atoms with E-state index < -0.39 is 4.92 Å². The van der Waals surface area contributed by atoms with E-state index in [0.29, 0.717) is 12.4 Å². The molecular weight excluding hydrogens is 402 g/mol. The van der Waals surface area contributed by atoms with Crippen molar-refractivity contribution in [2.45, 2.75) is 49.7 Å². The maximum absolute atomic E-state index is 11.5. The third kappa shape index (κ3) is 5.24. The summed E-state index contributed by atoms with van der Waals surface area (Å²) in [6, 6.07) is 12.2. The number of nitrogens with zero attached hydrogens (tertiary/aromatic N) is 4. The number of aromatic nitrogens is 3. The van der Waals surface area contributed by atoms with Gasteiger partial charge in [-0.2, -0.15) is 0 Å². The summed E-state index contributed by atoms with van der Waals surface area (Å²) >= 11 is 1.43. The number of rotatable bonds is 8. The van der Waals surface area contributed by atoms with Crippen LogP contribution in [0.3, 0.4) is 0 Å². The average Bonchev–Trinajstić information content (AvgIpc) is 3.05. The number of amides is 1. The molecule has 0 aliphatic rings. The van der Waals surface area contributed by atoms with Crippen LogP contribution in [0.2, 0.25) is 0 Å². The number of hydrogen-bond acceptors (Lipinski definition) is 6. The van der Waals surface area contributed by atoms with Crippen LogP contribution in [0.5, 0.6) is 0 Å². The minimum absolute atomic E-state index is 0.0420. The van der Waals surface area contributed by atoms with E-state index in [2.05, 4.69) is 10.3 Å². The molecule has 0 radical (unpaired) electrons. The molecule has 2 heterocycles. The lowest BCUT2D eigenvalue weighted by molar-refractivity contribution is -0.385. The first-order valence-electron chi connectivity index (χ1n) is 9.51. The SMILES string of the molecule is CC(=O)NCc1nc(C(C)C)c(Sc2cccc([N+](=O)[O-])c2)n1Cc1ccccn1. The molecule has 8 nitrogen and oxygen atoms in total. The summed E-state index contributed by atoms with van der Waals surface area (Å²) in [5, 5.41) is 14.9. The van der Waals surface area contributed by atoms with Crippen molar-refractivity contribution < 1.29 is 9.72 Å². The molecule has 1 N–H and O–H groups in total. The number of pyridine rings is 1. The van der Waals surface area contributed by atoms with Gasteiger partial charge >= 0.3 is 0 Å². The number of carbonyl (C=O) groups excluding carboxylic acids is 1. The van der Waals surface area contributed by atoms with Crippen molar-refractivity contribution in [3.05, 3.63) is 76.0 Å². The maximum Gasteiger partial charge on any atom is 0.270 e. The Labute approximate surface area is 178 Å². The molecule has 156 valence electrons. The Morgan fingerprint density at radius 2 is 2.07 bits per heavy atom. The fourth-order valence-corrected chi connectivity index (χ4v) is 4.13. The Bertz CT molecular complexity index is 1050. The van der Waals surface area contributed by atoms with E-state index in [-0.39, 0.29) is 24.1 Å². The van der Waals surface area contributed by atoms with E-state index in [1.54, 1.807) is 18.3 Å². The number of imidazole rings is 1. The quantitative estimate of drug-likeness (QED) is 0.430. The van der Waals surface area contributed by atoms with E-state index in [1.165, 1.54) is 24.8 Å². The van der Waals surface area contributed by atoms with Crippen molar-refractivity contribution in [2.24, 2.45) is 0 Å². The van der Waals surface area contributed by atoms with Gasteiger partial charge in [-0.1, -0.05) is 37.7 Å². The number of hydrogen-bond donors (Lipinski definition) is 1. The summed E-state index contributed by atoms with van der Waals surface area (Å²) < 4.78 is 2.02. The molecule has 0 aliphatic carbocycles. The van der Waals surface area contributed by atoms with E-state index >= 15 is 0 Å². The monoisotopic (exact) mass is 425 g/mol. The normalized spacial score (nSPS) is 10.9. The van der Waals surface area contributed by atoms with Crippen molar-refractivity contribution in [2.75, 3.05) is 0 Å². The highest BCUT2D eigenvalue weighted by molar-refractivity contribution is 7.99. The lowest BCUT2D eigenvalue weighted by Crippen LogP contribution is -2.22. The van der Waals surface area contributed by atoms with Gasteiger partial charge in [-0.05, 0) is 24.1 Å². The standard InChI is InChI=1S/C21H23N5O3S/c1-14(2)20-21(30-18-9-6-8-17(11-18)26(28)29)25(13-16-7-4-5-10-22-16)19(24-20)12-23-15(3)27/h4-11,14H,12-13H2,1-3H3,(H,23,27). The van der Waals surface area contributed by atoms with Crippen molar-refractivity contribution in [1.29, 1.82) is 0 Å². The van der Waals surface area contributed by atoms with Crippen molar-refractivity contribution in [3.8, 4) is 0 Å². The number of non-ortho nitro benzene ring substituents is 1. The molecule has 1 aromatic carbocycles. The molecule has 3 aromatic rings. The van der Waals surface area contributed by atoms with Crippen LogP contribution in [-0.4, -0.2) is 25.4 Å². The molecule has 0 spiro atoms. The lowest BCUT2D eigenvalue weighted by Gasteiger charge is -2.13. The van der Waals surface area contributed by atoms with Gasteiger partial charge in [-0.3, -0.25) is 19.9 Å². The Morgan fingerprint density at radius 3 is 2.70 bits per heavy atom. The van der Waals surface area contributed by atoms with E-state index in [0.717, 1.165) is 21.3 Å². The summed E-state index contributed by atoms with van der Waals surface area (Å²) in [6.07, 6.45) is 1.73. The summed E-state index contributed by atoms with van der Waals surface area (Å²) in [5.41, 5.74) is 1.78. The molecule has 0 fully saturated rings. The van der Waals surface area contributed by atoms with Crippen LogP contribution >= 0.6 is 11.8 Å². The smallest absolute Gasteiger partial charge is 0.270 e. The number of nitro groups is 1. The van der Waals surface area contributed by atoms with Gasteiger partial charge in [0.1, 0.15) is 10.9 Å². The summed E-state index contributed by atoms with van der Waals surface area (Å²) in [7, 11) is 0. The van der Waals surface area contributed by atoms with E-state index in [4.69, 9.17) is 4.98 Å². The zero-order chi connectivity index (χ0) is 21.7. The van der Waals surface area contributed by atoms with Crippen molar-refractivity contribution >= 4 is 23.4 Å². The molecular formula is C21H23N5O3S. The Kier molecular flexibility index (Phi) is 6.83. The Balaban J connectivity index is 2.06. The van der Waals surface area contributed by atoms with Gasteiger partial charge in [0.05, 0.1) is 29.4 Å². The highest BCUT2D eigenvalue weighted by Crippen LogP contribution is 2.36. The predicted molar refractivity (Wildman–Crippen MR) is 114 cm³/mol. The first kappa shape index (κ1) is 21.5. The molecule has 2 aromatic heterocycles. The number of nitrogens with one attached hydrogen (secondary N) is 1. The van der Waals surface area contributed by atoms with Gasteiger partial charge in [-0.15, -0.1) is 0 Å². The molecule has 3 rings (SSSR count). The average molecular weight is 426 g/mol. The molecule has 0 saturated carbocycles. The molecule has 9 heteroatoms. The highest BCUT2D eigenvalue weighted by Gasteiger charge is 2.22. The molecule has 0 unspecified atom stereocenters. The molecule has 0 aliphatic heterocycles. The topological polar surface area (TPSA) is 103 Å². The second-order valence-corrected chi connectivity index (χ2v) is 8.11. The van der Waals surface area contributed by atoms with Gasteiger partial charge in [0, 0.05) is 30.1 Å². The van der Waals surface area contributed by atoms with Gasteiger partial charge in [0.25, 0.3) is 5.69 Å². The summed E-state index contributed by atoms with van der Waals surface area (Å²) in [6.45, 7) is 6.33. The molecule has 0 saturated heterocycles. The number of benzene rings is 1. The van der Waals surface area contributed by atoms with Crippen LogP contribution in [-0.2, 0) is 17.9 Å². The van der Waals surface area contributed by atoms with Crippen LogP contribution in [0.15, 0.2) is 58.6 Å². The van der Waals surface area contributed by atoms with Crippen LogP contribution in [0, 0.1) is 10.1 Å². The third-order valence-corrected chi connectivity index (χ3v) is 5.47. The molecule has 30 heavy (non-hydrogen) atoms. The van der Waals surface area contributed by atoms with Crippen molar-refractivity contribution in [3.63, 3.8) is 0 Å². The molecule has 0 bridgehead atoms. The fourth-order valence-electron chi connectivity index (χ4n) is 2.91. The fraction of sp³-hybridized carbons (Fsp3) is 0.286. The van der Waals surface area contributed by atoms with Gasteiger partial charge in [-0.25, -0.2) is 4.98 Å². The van der Waals surface area contributed by atoms with Gasteiger partial charge in [0.15, 0.2) is 0 Å². The second kappa shape index (κ2) is 9.53. The second-order valence-electron chi connectivity index (χ2n) is 7.05. The Morgan fingerprint density at radius 1 is 1.27 bits per heavy atom. The Hall–Kier alpha value is -3.20. The molecule has 0 atom stereocenters. The zero-order valence-electron chi connectivity index (χ0n) is 17.0. The lowest BCUT2D eigenvalue weighted by atomic mass is 10.1. The van der Waals surface area contributed by atoms with Crippen LogP contribution in [0.4, 0.5) is 5.69 Å². The number of nitro benzene ring substituents is 1. The first-order chi connectivity index (χ1) is 14.3. The highest BCUT2D eigenvalue weighted by atomic mass is 32.2. The largest absolute Gasteiger partial charge is 0.349 e. The minimum Gasteiger partial charge on any atom is -0.349 e. The third-order valence-electron chi connectivity index (χ3n) is 4.36. The summed E-state index contributed by atoms with van der Waals surface area (Å²) in [4.78, 5) is 32.2.